The molecule has 2 aromatic rings. The second kappa shape index (κ2) is 6.23. The third-order valence-corrected chi connectivity index (χ3v) is 4.45. The monoisotopic (exact) mass is 317 g/mol. The molecule has 102 valence electrons. The summed E-state index contributed by atoms with van der Waals surface area (Å²) in [5.41, 5.74) is 2.37. The van der Waals surface area contributed by atoms with Crippen LogP contribution >= 0.6 is 34.5 Å². The zero-order valence-electron chi connectivity index (χ0n) is 10.6. The van der Waals surface area contributed by atoms with Crippen LogP contribution in [0.1, 0.15) is 29.7 Å². The second-order valence-electron chi connectivity index (χ2n) is 4.28. The van der Waals surface area contributed by atoms with Crippen molar-refractivity contribution in [3.05, 3.63) is 55.4 Å². The first kappa shape index (κ1) is 14.8. The molecule has 0 fully saturated rings. The lowest BCUT2D eigenvalue weighted by molar-refractivity contribution is 0.598. The highest BCUT2D eigenvalue weighted by Crippen LogP contribution is 2.37. The average molecular weight is 318 g/mol. The van der Waals surface area contributed by atoms with Gasteiger partial charge in [0, 0.05) is 5.56 Å². The van der Waals surface area contributed by atoms with E-state index in [2.05, 4.69) is 5.32 Å². The Labute approximate surface area is 126 Å². The highest BCUT2D eigenvalue weighted by Gasteiger charge is 2.19. The van der Waals surface area contributed by atoms with Gasteiger partial charge in [0.1, 0.15) is 5.82 Å². The van der Waals surface area contributed by atoms with E-state index in [-0.39, 0.29) is 11.9 Å². The predicted molar refractivity (Wildman–Crippen MR) is 81.0 cm³/mol. The normalized spacial score (nSPS) is 12.7. The molecule has 1 heterocycles. The maximum atomic E-state index is 13.7. The zero-order chi connectivity index (χ0) is 14.0. The molecule has 1 N–H and O–H groups in total. The van der Waals surface area contributed by atoms with Crippen LogP contribution in [0.4, 0.5) is 4.39 Å². The Hall–Kier alpha value is -0.610. The van der Waals surface area contributed by atoms with Gasteiger partial charge in [0.2, 0.25) is 0 Å². The van der Waals surface area contributed by atoms with Crippen molar-refractivity contribution >= 4 is 34.5 Å². The molecule has 19 heavy (non-hydrogen) atoms. The molecule has 2 rings (SSSR count). The van der Waals surface area contributed by atoms with E-state index < -0.39 is 0 Å². The zero-order valence-corrected chi connectivity index (χ0v) is 13.0. The van der Waals surface area contributed by atoms with Crippen LogP contribution in [-0.2, 0) is 0 Å². The van der Waals surface area contributed by atoms with Gasteiger partial charge in [0.15, 0.2) is 0 Å². The minimum Gasteiger partial charge on any atom is -0.306 e. The van der Waals surface area contributed by atoms with Crippen molar-refractivity contribution in [2.24, 2.45) is 0 Å². The summed E-state index contributed by atoms with van der Waals surface area (Å²) >= 11 is 13.5. The first-order chi connectivity index (χ1) is 9.02. The molecule has 5 heteroatoms. The number of hydrogen-bond donors (Lipinski definition) is 1. The van der Waals surface area contributed by atoms with Crippen molar-refractivity contribution in [1.29, 1.82) is 0 Å². The van der Waals surface area contributed by atoms with E-state index in [0.29, 0.717) is 14.2 Å². The molecule has 0 spiro atoms. The van der Waals surface area contributed by atoms with Crippen molar-refractivity contribution in [2.75, 3.05) is 6.54 Å². The average Bonchev–Trinajstić information content (AvgIpc) is 2.69. The maximum Gasteiger partial charge on any atom is 0.126 e. The van der Waals surface area contributed by atoms with Crippen LogP contribution in [0.25, 0.3) is 0 Å². The van der Waals surface area contributed by atoms with Crippen LogP contribution in [0.15, 0.2) is 24.3 Å². The van der Waals surface area contributed by atoms with E-state index in [0.717, 1.165) is 17.7 Å². The summed E-state index contributed by atoms with van der Waals surface area (Å²) in [7, 11) is 0. The van der Waals surface area contributed by atoms with Gasteiger partial charge < -0.3 is 5.32 Å². The molecular weight excluding hydrogens is 304 g/mol. The van der Waals surface area contributed by atoms with Gasteiger partial charge in [0.05, 0.1) is 14.7 Å². The van der Waals surface area contributed by atoms with Crippen LogP contribution < -0.4 is 5.32 Å². The number of rotatable bonds is 4. The SMILES string of the molecule is CCNC(c1ccc(C)c(F)c1)c1cc(Cl)sc1Cl. The molecule has 1 aromatic heterocycles. The molecular formula is C14H14Cl2FNS. The van der Waals surface area contributed by atoms with Crippen molar-refractivity contribution < 1.29 is 4.39 Å². The van der Waals surface area contributed by atoms with E-state index in [1.165, 1.54) is 11.3 Å². The quantitative estimate of drug-likeness (QED) is 0.817. The van der Waals surface area contributed by atoms with Crippen LogP contribution in [0.5, 0.6) is 0 Å². The lowest BCUT2D eigenvalue weighted by Crippen LogP contribution is -2.22. The van der Waals surface area contributed by atoms with Gasteiger partial charge in [-0.1, -0.05) is 42.3 Å². The smallest absolute Gasteiger partial charge is 0.126 e. The number of aryl methyl sites for hydroxylation is 1. The number of thiophene rings is 1. The van der Waals surface area contributed by atoms with Crippen molar-refractivity contribution in [1.82, 2.24) is 5.32 Å². The molecule has 0 saturated carbocycles. The predicted octanol–water partition coefficient (Wildman–Crippen LogP) is 5.20. The van der Waals surface area contributed by atoms with E-state index in [9.17, 15) is 4.39 Å². The number of benzene rings is 1. The highest BCUT2D eigenvalue weighted by atomic mass is 35.5. The number of hydrogen-bond acceptors (Lipinski definition) is 2. The summed E-state index contributed by atoms with van der Waals surface area (Å²) in [5.74, 6) is -0.210. The van der Waals surface area contributed by atoms with Crippen molar-refractivity contribution in [3.8, 4) is 0 Å². The van der Waals surface area contributed by atoms with E-state index in [1.54, 1.807) is 19.1 Å². The maximum absolute atomic E-state index is 13.7. The summed E-state index contributed by atoms with van der Waals surface area (Å²) in [6.45, 7) is 4.50. The molecule has 0 aliphatic rings. The first-order valence-corrected chi connectivity index (χ1v) is 7.54. The molecule has 0 radical (unpaired) electrons. The summed E-state index contributed by atoms with van der Waals surface area (Å²) < 4.78 is 15.0. The van der Waals surface area contributed by atoms with Gasteiger partial charge in [-0.15, -0.1) is 11.3 Å². The van der Waals surface area contributed by atoms with Gasteiger partial charge >= 0.3 is 0 Å². The third kappa shape index (κ3) is 3.29. The second-order valence-corrected chi connectivity index (χ2v) is 6.56. The highest BCUT2D eigenvalue weighted by molar-refractivity contribution is 7.20. The molecule has 0 aliphatic heterocycles. The van der Waals surface area contributed by atoms with Crippen LogP contribution in [0.3, 0.4) is 0 Å². The van der Waals surface area contributed by atoms with Crippen LogP contribution in [-0.4, -0.2) is 6.54 Å². The van der Waals surface area contributed by atoms with Crippen molar-refractivity contribution in [2.45, 2.75) is 19.9 Å². The summed E-state index contributed by atoms with van der Waals surface area (Å²) in [4.78, 5) is 0. The van der Waals surface area contributed by atoms with Gasteiger partial charge in [-0.2, -0.15) is 0 Å². The Morgan fingerprint density at radius 1 is 1.32 bits per heavy atom. The molecule has 1 atom stereocenters. The van der Waals surface area contributed by atoms with E-state index in [1.807, 2.05) is 19.1 Å². The minimum absolute atomic E-state index is 0.142. The van der Waals surface area contributed by atoms with Gasteiger partial charge in [-0.25, -0.2) is 4.39 Å². The standard InChI is InChI=1S/C14H14Cl2FNS/c1-3-18-13(10-7-12(15)19-14(10)16)9-5-4-8(2)11(17)6-9/h4-7,13,18H,3H2,1-2H3. The molecule has 1 unspecified atom stereocenters. The number of nitrogens with one attached hydrogen (secondary N) is 1. The Morgan fingerprint density at radius 3 is 2.58 bits per heavy atom. The van der Waals surface area contributed by atoms with Crippen LogP contribution in [0.2, 0.25) is 8.67 Å². The lowest BCUT2D eigenvalue weighted by atomic mass is 10.00. The summed E-state index contributed by atoms with van der Waals surface area (Å²) in [6, 6.07) is 6.92. The molecule has 0 aliphatic carbocycles. The van der Waals surface area contributed by atoms with Gasteiger partial charge in [-0.3, -0.25) is 0 Å². The third-order valence-electron chi connectivity index (χ3n) is 2.93. The fourth-order valence-corrected chi connectivity index (χ4v) is 3.48. The van der Waals surface area contributed by atoms with E-state index in [4.69, 9.17) is 23.2 Å². The topological polar surface area (TPSA) is 12.0 Å². The minimum atomic E-state index is -0.210. The lowest BCUT2D eigenvalue weighted by Gasteiger charge is -2.18. The molecule has 0 amide bonds. The fraction of sp³-hybridized carbons (Fsp3) is 0.286. The largest absolute Gasteiger partial charge is 0.306 e. The first-order valence-electron chi connectivity index (χ1n) is 5.97. The van der Waals surface area contributed by atoms with Crippen LogP contribution in [0, 0.1) is 12.7 Å². The number of halogens is 3. The van der Waals surface area contributed by atoms with Crippen molar-refractivity contribution in [3.63, 3.8) is 0 Å². The molecule has 0 bridgehead atoms. The molecule has 1 nitrogen and oxygen atoms in total. The summed E-state index contributed by atoms with van der Waals surface area (Å²) in [5, 5.41) is 3.31. The Kier molecular flexibility index (Phi) is 4.85. The van der Waals surface area contributed by atoms with Gasteiger partial charge in [0.25, 0.3) is 0 Å². The van der Waals surface area contributed by atoms with E-state index >= 15 is 0 Å². The Balaban J connectivity index is 2.44. The molecule has 1 aromatic carbocycles. The summed E-state index contributed by atoms with van der Waals surface area (Å²) in [6.07, 6.45) is 0. The Morgan fingerprint density at radius 2 is 2.05 bits per heavy atom. The molecule has 0 saturated heterocycles. The van der Waals surface area contributed by atoms with Gasteiger partial charge in [-0.05, 0) is 36.7 Å². The fourth-order valence-electron chi connectivity index (χ4n) is 1.95. The Bertz CT molecular complexity index is 583.